The Kier molecular flexibility index (Phi) is 4.23. The van der Waals surface area contributed by atoms with E-state index in [0.717, 1.165) is 38.8 Å². The van der Waals surface area contributed by atoms with Gasteiger partial charge in [-0.1, -0.05) is 98.8 Å². The summed E-state index contributed by atoms with van der Waals surface area (Å²) in [6.07, 6.45) is 1.83. The number of fused-ring (bicyclic) bond motifs is 10. The van der Waals surface area contributed by atoms with Crippen LogP contribution in [0.5, 0.6) is 11.5 Å². The fourth-order valence-corrected chi connectivity index (χ4v) is 7.64. The van der Waals surface area contributed by atoms with Gasteiger partial charge in [0.25, 0.3) is 0 Å². The zero-order valence-corrected chi connectivity index (χ0v) is 23.7. The summed E-state index contributed by atoms with van der Waals surface area (Å²) in [5, 5.41) is 7.12. The van der Waals surface area contributed by atoms with Crippen LogP contribution in [0, 0.1) is 0 Å². The third-order valence-corrected chi connectivity index (χ3v) is 9.64. The number of benzene rings is 6. The van der Waals surface area contributed by atoms with E-state index in [9.17, 15) is 0 Å². The lowest BCUT2D eigenvalue weighted by atomic mass is 9.82. The highest BCUT2D eigenvalue weighted by Gasteiger charge is 2.36. The van der Waals surface area contributed by atoms with Gasteiger partial charge in [-0.25, -0.2) is 9.97 Å². The molecule has 10 rings (SSSR count). The first-order chi connectivity index (χ1) is 21.1. The summed E-state index contributed by atoms with van der Waals surface area (Å²) in [5.41, 5.74) is 9.30. The molecule has 0 amide bonds. The molecule has 1 aliphatic heterocycles. The lowest BCUT2D eigenvalue weighted by molar-refractivity contribution is 0.481. The largest absolute Gasteiger partial charge is 0.453 e. The van der Waals surface area contributed by atoms with Crippen molar-refractivity contribution in [2.75, 3.05) is 0 Å². The lowest BCUT2D eigenvalue weighted by Gasteiger charge is -2.22. The molecule has 0 N–H and O–H groups in total. The minimum Gasteiger partial charge on any atom is -0.453 e. The van der Waals surface area contributed by atoms with Crippen molar-refractivity contribution < 1.29 is 4.74 Å². The second-order valence-electron chi connectivity index (χ2n) is 12.2. The SMILES string of the molecule is CC1(C)c2ccccc2-c2cc3c4c5ccccc5ccc4n(-c4ncc5c(n4)-c4cccc6cccc(c46)O5)c3cc21. The van der Waals surface area contributed by atoms with Gasteiger partial charge in [-0.15, -0.1) is 0 Å². The molecule has 202 valence electrons. The van der Waals surface area contributed by atoms with Crippen LogP contribution in [0.25, 0.3) is 71.7 Å². The highest BCUT2D eigenvalue weighted by Crippen LogP contribution is 2.52. The Morgan fingerprint density at radius 1 is 0.605 bits per heavy atom. The standard InChI is InChI=1S/C39H25N3O/c1-39(2)29-15-6-5-13-25(29)27-19-28-32(20-30(27)39)42(31-18-17-22-9-3-4-12-24(22)36(28)31)38-40-21-34-37(41-38)26-14-7-10-23-11-8-16-33(43-34)35(23)26/h3-21H,1-2H3. The fourth-order valence-electron chi connectivity index (χ4n) is 7.64. The van der Waals surface area contributed by atoms with Crippen molar-refractivity contribution in [2.24, 2.45) is 0 Å². The number of rotatable bonds is 1. The average Bonchev–Trinajstić information content (AvgIpc) is 3.49. The first kappa shape index (κ1) is 23.1. The molecule has 0 bridgehead atoms. The van der Waals surface area contributed by atoms with Crippen LogP contribution in [0.3, 0.4) is 0 Å². The summed E-state index contributed by atoms with van der Waals surface area (Å²) < 4.78 is 8.59. The number of aromatic nitrogens is 3. The molecule has 2 aliphatic rings. The minimum atomic E-state index is -0.118. The van der Waals surface area contributed by atoms with E-state index in [-0.39, 0.29) is 5.41 Å². The zero-order valence-electron chi connectivity index (χ0n) is 23.7. The van der Waals surface area contributed by atoms with Crippen LogP contribution in [0.2, 0.25) is 0 Å². The van der Waals surface area contributed by atoms with Crippen LogP contribution in [0.4, 0.5) is 0 Å². The molecule has 1 aliphatic carbocycles. The number of hydrogen-bond acceptors (Lipinski definition) is 3. The van der Waals surface area contributed by atoms with Crippen LogP contribution < -0.4 is 4.74 Å². The van der Waals surface area contributed by atoms with E-state index in [1.165, 1.54) is 43.8 Å². The van der Waals surface area contributed by atoms with Crippen molar-refractivity contribution in [3.05, 3.63) is 127 Å². The third-order valence-electron chi connectivity index (χ3n) is 9.64. The van der Waals surface area contributed by atoms with Gasteiger partial charge >= 0.3 is 0 Å². The molecule has 0 radical (unpaired) electrons. The molecular weight excluding hydrogens is 526 g/mol. The van der Waals surface area contributed by atoms with Crippen molar-refractivity contribution in [1.82, 2.24) is 14.5 Å². The van der Waals surface area contributed by atoms with E-state index >= 15 is 0 Å². The van der Waals surface area contributed by atoms with Crippen molar-refractivity contribution in [3.63, 3.8) is 0 Å². The highest BCUT2D eigenvalue weighted by molar-refractivity contribution is 6.22. The van der Waals surface area contributed by atoms with E-state index in [1.54, 1.807) is 0 Å². The van der Waals surface area contributed by atoms with Crippen LogP contribution in [-0.4, -0.2) is 14.5 Å². The summed E-state index contributed by atoms with van der Waals surface area (Å²) in [6.45, 7) is 4.66. The predicted octanol–water partition coefficient (Wildman–Crippen LogP) is 9.96. The Bertz CT molecular complexity index is 2510. The maximum Gasteiger partial charge on any atom is 0.235 e. The average molecular weight is 552 g/mol. The molecule has 0 saturated heterocycles. The normalized spacial score (nSPS) is 14.2. The van der Waals surface area contributed by atoms with E-state index in [4.69, 9.17) is 14.7 Å². The summed E-state index contributed by atoms with van der Waals surface area (Å²) in [6, 6.07) is 39.2. The number of nitrogens with zero attached hydrogens (tertiary/aromatic N) is 3. The molecule has 0 unspecified atom stereocenters. The molecule has 4 heteroatoms. The predicted molar refractivity (Wildman–Crippen MR) is 174 cm³/mol. The fraction of sp³-hybridized carbons (Fsp3) is 0.0769. The van der Waals surface area contributed by atoms with Gasteiger partial charge < -0.3 is 4.74 Å². The van der Waals surface area contributed by atoms with Crippen molar-refractivity contribution in [3.8, 4) is 39.8 Å². The lowest BCUT2D eigenvalue weighted by Crippen LogP contribution is -2.15. The van der Waals surface area contributed by atoms with Gasteiger partial charge in [0, 0.05) is 27.1 Å². The Balaban J connectivity index is 1.33. The van der Waals surface area contributed by atoms with Crippen LogP contribution in [0.15, 0.2) is 115 Å². The zero-order chi connectivity index (χ0) is 28.4. The van der Waals surface area contributed by atoms with Gasteiger partial charge in [0.1, 0.15) is 11.4 Å². The maximum absolute atomic E-state index is 6.34. The molecule has 8 aromatic rings. The molecule has 0 fully saturated rings. The van der Waals surface area contributed by atoms with E-state index < -0.39 is 0 Å². The molecule has 2 aromatic heterocycles. The molecule has 4 nitrogen and oxygen atoms in total. The van der Waals surface area contributed by atoms with E-state index in [0.29, 0.717) is 11.7 Å². The van der Waals surface area contributed by atoms with Gasteiger partial charge in [0.05, 0.1) is 17.2 Å². The van der Waals surface area contributed by atoms with Gasteiger partial charge in [-0.3, -0.25) is 4.57 Å². The maximum atomic E-state index is 6.34. The van der Waals surface area contributed by atoms with Crippen molar-refractivity contribution in [1.29, 1.82) is 0 Å². The highest BCUT2D eigenvalue weighted by atomic mass is 16.5. The number of ether oxygens (including phenoxy) is 1. The summed E-state index contributed by atoms with van der Waals surface area (Å²) in [4.78, 5) is 10.2. The summed E-state index contributed by atoms with van der Waals surface area (Å²) in [5.74, 6) is 2.17. The molecule has 0 atom stereocenters. The molecule has 0 spiro atoms. The first-order valence-electron chi connectivity index (χ1n) is 14.8. The smallest absolute Gasteiger partial charge is 0.235 e. The Morgan fingerprint density at radius 3 is 2.33 bits per heavy atom. The van der Waals surface area contributed by atoms with Crippen LogP contribution in [0.1, 0.15) is 25.0 Å². The summed E-state index contributed by atoms with van der Waals surface area (Å²) >= 11 is 0. The molecule has 43 heavy (non-hydrogen) atoms. The summed E-state index contributed by atoms with van der Waals surface area (Å²) in [7, 11) is 0. The first-order valence-corrected chi connectivity index (χ1v) is 14.8. The molecule has 3 heterocycles. The van der Waals surface area contributed by atoms with Gasteiger partial charge in [0.2, 0.25) is 5.95 Å². The number of hydrogen-bond donors (Lipinski definition) is 0. The molecule has 0 saturated carbocycles. The topological polar surface area (TPSA) is 39.9 Å². The molecule has 6 aromatic carbocycles. The van der Waals surface area contributed by atoms with Gasteiger partial charge in [0.15, 0.2) is 5.75 Å². The second kappa shape index (κ2) is 7.87. The minimum absolute atomic E-state index is 0.118. The second-order valence-corrected chi connectivity index (χ2v) is 12.2. The van der Waals surface area contributed by atoms with Crippen LogP contribution in [-0.2, 0) is 5.41 Å². The van der Waals surface area contributed by atoms with Crippen molar-refractivity contribution in [2.45, 2.75) is 19.3 Å². The Morgan fingerprint density at radius 2 is 1.40 bits per heavy atom. The Hall–Kier alpha value is -5.48. The quantitative estimate of drug-likeness (QED) is 0.204. The van der Waals surface area contributed by atoms with E-state index in [2.05, 4.69) is 115 Å². The van der Waals surface area contributed by atoms with E-state index in [1.807, 2.05) is 18.3 Å². The van der Waals surface area contributed by atoms with Gasteiger partial charge in [-0.05, 0) is 62.7 Å². The van der Waals surface area contributed by atoms with Crippen molar-refractivity contribution >= 4 is 43.4 Å². The monoisotopic (exact) mass is 551 g/mol. The van der Waals surface area contributed by atoms with Crippen LogP contribution >= 0.6 is 0 Å². The molecular formula is C39H25N3O. The Labute approximate surface area is 247 Å². The third kappa shape index (κ3) is 2.90. The van der Waals surface area contributed by atoms with Gasteiger partial charge in [-0.2, -0.15) is 0 Å².